The lowest BCUT2D eigenvalue weighted by Crippen LogP contribution is -2.34. The Morgan fingerprint density at radius 1 is 1.04 bits per heavy atom. The molecular weight excluding hydrogens is 358 g/mol. The molecule has 0 heterocycles. The number of para-hydroxylation sites is 1. The van der Waals surface area contributed by atoms with Gasteiger partial charge in [-0.25, -0.2) is 0 Å². The third kappa shape index (κ3) is 4.94. The third-order valence-corrected chi connectivity index (χ3v) is 3.85. The van der Waals surface area contributed by atoms with E-state index in [9.17, 15) is 9.59 Å². The highest BCUT2D eigenvalue weighted by atomic mass is 79.9. The zero-order chi connectivity index (χ0) is 16.7. The molecule has 2 N–H and O–H groups in total. The number of halogens is 1. The highest BCUT2D eigenvalue weighted by Gasteiger charge is 2.10. The Morgan fingerprint density at radius 2 is 1.74 bits per heavy atom. The zero-order valence-electron chi connectivity index (χ0n) is 12.2. The van der Waals surface area contributed by atoms with E-state index in [1.165, 1.54) is 0 Å². The third-order valence-electron chi connectivity index (χ3n) is 3.08. The van der Waals surface area contributed by atoms with Gasteiger partial charge in [0.2, 0.25) is 11.8 Å². The van der Waals surface area contributed by atoms with Crippen LogP contribution in [0.3, 0.4) is 0 Å². The molecule has 0 fully saturated rings. The number of benzene rings is 2. The molecule has 2 aromatic carbocycles. The van der Waals surface area contributed by atoms with Gasteiger partial charge < -0.3 is 10.6 Å². The number of amides is 2. The van der Waals surface area contributed by atoms with Crippen LogP contribution >= 0.6 is 15.9 Å². The Kier molecular flexibility index (Phi) is 5.89. The molecule has 5 nitrogen and oxygen atoms in total. The van der Waals surface area contributed by atoms with Crippen molar-refractivity contribution in [2.45, 2.75) is 6.42 Å². The quantitative estimate of drug-likeness (QED) is 0.847. The first kappa shape index (κ1) is 16.7. The van der Waals surface area contributed by atoms with Gasteiger partial charge in [0.25, 0.3) is 0 Å². The number of hydrogen-bond acceptors (Lipinski definition) is 3. The fourth-order valence-corrected chi connectivity index (χ4v) is 2.37. The van der Waals surface area contributed by atoms with Crippen LogP contribution < -0.4 is 10.6 Å². The van der Waals surface area contributed by atoms with E-state index in [0.717, 1.165) is 10.0 Å². The van der Waals surface area contributed by atoms with Crippen molar-refractivity contribution in [1.82, 2.24) is 5.32 Å². The van der Waals surface area contributed by atoms with Crippen LogP contribution in [0.4, 0.5) is 5.69 Å². The van der Waals surface area contributed by atoms with Crippen LogP contribution in [0.1, 0.15) is 11.1 Å². The molecule has 0 saturated carbocycles. The summed E-state index contributed by atoms with van der Waals surface area (Å²) in [5, 5.41) is 14.1. The minimum absolute atomic E-state index is 0.150. The van der Waals surface area contributed by atoms with Crippen molar-refractivity contribution in [2.75, 3.05) is 11.9 Å². The predicted molar refractivity (Wildman–Crippen MR) is 90.6 cm³/mol. The molecule has 0 aliphatic rings. The lowest BCUT2D eigenvalue weighted by molar-refractivity contribution is -0.123. The van der Waals surface area contributed by atoms with Gasteiger partial charge in [0.05, 0.1) is 24.2 Å². The minimum atomic E-state index is -0.381. The summed E-state index contributed by atoms with van der Waals surface area (Å²) in [7, 11) is 0. The summed E-state index contributed by atoms with van der Waals surface area (Å²) in [6.07, 6.45) is 0.184. The van der Waals surface area contributed by atoms with E-state index in [1.807, 2.05) is 30.3 Å². The highest BCUT2D eigenvalue weighted by Crippen LogP contribution is 2.16. The molecule has 0 unspecified atom stereocenters. The van der Waals surface area contributed by atoms with Crippen LogP contribution in [0, 0.1) is 11.3 Å². The molecule has 23 heavy (non-hydrogen) atoms. The number of carbonyl (C=O) groups is 2. The van der Waals surface area contributed by atoms with Crippen LogP contribution in [0.2, 0.25) is 0 Å². The maximum Gasteiger partial charge on any atom is 0.243 e. The minimum Gasteiger partial charge on any atom is -0.347 e. The van der Waals surface area contributed by atoms with E-state index in [-0.39, 0.29) is 24.8 Å². The van der Waals surface area contributed by atoms with Gasteiger partial charge in [-0.05, 0) is 23.8 Å². The fourth-order valence-electron chi connectivity index (χ4n) is 1.94. The highest BCUT2D eigenvalue weighted by molar-refractivity contribution is 9.10. The van der Waals surface area contributed by atoms with Crippen LogP contribution in [0.25, 0.3) is 0 Å². The Hall–Kier alpha value is -2.65. The molecule has 0 aliphatic heterocycles. The summed E-state index contributed by atoms with van der Waals surface area (Å²) in [5.41, 5.74) is 1.65. The Bertz CT molecular complexity index is 768. The van der Waals surface area contributed by atoms with Crippen molar-refractivity contribution in [3.63, 3.8) is 0 Å². The van der Waals surface area contributed by atoms with Gasteiger partial charge in [0.15, 0.2) is 0 Å². The average molecular weight is 372 g/mol. The molecule has 0 atom stereocenters. The second-order valence-corrected chi connectivity index (χ2v) is 5.60. The summed E-state index contributed by atoms with van der Waals surface area (Å²) in [6, 6.07) is 16.1. The van der Waals surface area contributed by atoms with Gasteiger partial charge in [-0.3, -0.25) is 9.59 Å². The normalized spacial score (nSPS) is 9.74. The average Bonchev–Trinajstić information content (AvgIpc) is 2.55. The summed E-state index contributed by atoms with van der Waals surface area (Å²) in [5.74, 6) is -0.631. The molecule has 0 bridgehead atoms. The molecule has 0 spiro atoms. The largest absolute Gasteiger partial charge is 0.347 e. The molecule has 2 rings (SSSR count). The van der Waals surface area contributed by atoms with Crippen molar-refractivity contribution in [1.29, 1.82) is 5.26 Å². The number of hydrogen-bond donors (Lipinski definition) is 2. The number of rotatable bonds is 5. The smallest absolute Gasteiger partial charge is 0.243 e. The lowest BCUT2D eigenvalue weighted by atomic mass is 10.1. The number of nitrogens with zero attached hydrogens (tertiary/aromatic N) is 1. The van der Waals surface area contributed by atoms with Crippen molar-refractivity contribution in [2.24, 2.45) is 0 Å². The van der Waals surface area contributed by atoms with Gasteiger partial charge in [0, 0.05) is 4.47 Å². The molecule has 0 radical (unpaired) electrons. The van der Waals surface area contributed by atoms with E-state index in [2.05, 4.69) is 26.6 Å². The van der Waals surface area contributed by atoms with Gasteiger partial charge in [-0.15, -0.1) is 0 Å². The van der Waals surface area contributed by atoms with Crippen LogP contribution in [-0.2, 0) is 16.0 Å². The first-order valence-corrected chi connectivity index (χ1v) is 7.68. The van der Waals surface area contributed by atoms with Gasteiger partial charge in [0.1, 0.15) is 6.07 Å². The molecule has 6 heteroatoms. The Balaban J connectivity index is 1.86. The fraction of sp³-hybridized carbons (Fsp3) is 0.118. The van der Waals surface area contributed by atoms with Gasteiger partial charge in [-0.2, -0.15) is 5.26 Å². The second-order valence-electron chi connectivity index (χ2n) is 4.75. The number of nitrogens with one attached hydrogen (secondary N) is 2. The van der Waals surface area contributed by atoms with Crippen LogP contribution in [0.5, 0.6) is 0 Å². The zero-order valence-corrected chi connectivity index (χ0v) is 13.8. The maximum atomic E-state index is 11.9. The SMILES string of the molecule is N#Cc1ccccc1NC(=O)CNC(=O)Cc1ccccc1Br. The topological polar surface area (TPSA) is 82.0 Å². The second kappa shape index (κ2) is 8.11. The Labute approximate surface area is 142 Å². The molecule has 0 saturated heterocycles. The number of carbonyl (C=O) groups excluding carboxylic acids is 2. The Morgan fingerprint density at radius 3 is 2.48 bits per heavy atom. The van der Waals surface area contributed by atoms with Crippen LogP contribution in [-0.4, -0.2) is 18.4 Å². The van der Waals surface area contributed by atoms with Gasteiger partial charge >= 0.3 is 0 Å². The lowest BCUT2D eigenvalue weighted by Gasteiger charge is -2.08. The molecule has 0 aliphatic carbocycles. The molecule has 2 aromatic rings. The van der Waals surface area contributed by atoms with E-state index in [0.29, 0.717) is 11.3 Å². The predicted octanol–water partition coefficient (Wildman–Crippen LogP) is 2.62. The van der Waals surface area contributed by atoms with Crippen molar-refractivity contribution >= 4 is 33.4 Å². The standard InChI is InChI=1S/C17H14BrN3O2/c18-14-7-3-1-5-12(14)9-16(22)20-11-17(23)21-15-8-4-2-6-13(15)10-19/h1-8H,9,11H2,(H,20,22)(H,21,23). The first-order valence-electron chi connectivity index (χ1n) is 6.89. The summed E-state index contributed by atoms with van der Waals surface area (Å²) in [4.78, 5) is 23.7. The first-order chi connectivity index (χ1) is 11.1. The van der Waals surface area contributed by atoms with E-state index in [4.69, 9.17) is 5.26 Å². The number of nitriles is 1. The van der Waals surface area contributed by atoms with Crippen molar-refractivity contribution in [3.05, 3.63) is 64.1 Å². The molecule has 0 aromatic heterocycles. The van der Waals surface area contributed by atoms with Gasteiger partial charge in [-0.1, -0.05) is 46.3 Å². The van der Waals surface area contributed by atoms with E-state index in [1.54, 1.807) is 24.3 Å². The van der Waals surface area contributed by atoms with Crippen LogP contribution in [0.15, 0.2) is 53.0 Å². The summed E-state index contributed by atoms with van der Waals surface area (Å²) in [6.45, 7) is -0.150. The molecule has 116 valence electrons. The monoisotopic (exact) mass is 371 g/mol. The van der Waals surface area contributed by atoms with Crippen molar-refractivity contribution < 1.29 is 9.59 Å². The van der Waals surface area contributed by atoms with E-state index >= 15 is 0 Å². The maximum absolute atomic E-state index is 11.9. The molecular formula is C17H14BrN3O2. The number of anilines is 1. The summed E-state index contributed by atoms with van der Waals surface area (Å²) >= 11 is 3.38. The van der Waals surface area contributed by atoms with Crippen molar-refractivity contribution in [3.8, 4) is 6.07 Å². The molecule has 2 amide bonds. The van der Waals surface area contributed by atoms with E-state index < -0.39 is 0 Å². The summed E-state index contributed by atoms with van der Waals surface area (Å²) < 4.78 is 0.850.